The van der Waals surface area contributed by atoms with Gasteiger partial charge in [0.15, 0.2) is 0 Å². The van der Waals surface area contributed by atoms with Crippen LogP contribution in [0.25, 0.3) is 0 Å². The molecule has 0 amide bonds. The Bertz CT molecular complexity index is 580. The lowest BCUT2D eigenvalue weighted by Gasteiger charge is -2.20. The molecule has 1 saturated heterocycles. The predicted octanol–water partition coefficient (Wildman–Crippen LogP) is 1.70. The van der Waals surface area contributed by atoms with E-state index < -0.39 is 10.0 Å². The van der Waals surface area contributed by atoms with Crippen molar-refractivity contribution in [1.29, 1.82) is 0 Å². The first-order valence-corrected chi connectivity index (χ1v) is 7.90. The van der Waals surface area contributed by atoms with Crippen molar-refractivity contribution >= 4 is 27.6 Å². The number of halogens is 1. The first kappa shape index (κ1) is 14.1. The molecule has 0 unspecified atom stereocenters. The quantitative estimate of drug-likeness (QED) is 0.668. The van der Waals surface area contributed by atoms with E-state index in [1.807, 2.05) is 4.90 Å². The van der Waals surface area contributed by atoms with Crippen LogP contribution in [0.5, 0.6) is 0 Å². The molecule has 2 rings (SSSR count). The maximum Gasteiger partial charge on any atom is 0.265 e. The maximum atomic E-state index is 12.3. The molecule has 1 heterocycles. The number of hydrogen-bond donors (Lipinski definition) is 1. The third kappa shape index (κ3) is 3.19. The summed E-state index contributed by atoms with van der Waals surface area (Å²) in [5.74, 6) is 0.373. The van der Waals surface area contributed by atoms with Crippen LogP contribution in [0.3, 0.4) is 0 Å². The predicted molar refractivity (Wildman–Crippen MR) is 75.9 cm³/mol. The second-order valence-electron chi connectivity index (χ2n) is 4.28. The van der Waals surface area contributed by atoms with E-state index in [-0.39, 0.29) is 9.92 Å². The minimum atomic E-state index is -3.69. The average molecular weight is 302 g/mol. The molecule has 0 aliphatic carbocycles. The Balaban J connectivity index is 2.23. The average Bonchev–Trinajstić information content (AvgIpc) is 2.90. The number of likely N-dealkylation sites (tertiary alicyclic amines) is 1. The molecule has 1 fully saturated rings. The van der Waals surface area contributed by atoms with E-state index in [1.54, 1.807) is 25.2 Å². The highest BCUT2D eigenvalue weighted by Gasteiger charge is 2.23. The van der Waals surface area contributed by atoms with E-state index >= 15 is 0 Å². The number of guanidine groups is 1. The number of hydrogen-bond acceptors (Lipinski definition) is 3. The topological polar surface area (TPSA) is 61.8 Å². The SMILES string of the molecule is CN=C(NS(=O)(=O)c1ccccc1Cl)N1CCCC1. The van der Waals surface area contributed by atoms with Gasteiger partial charge in [-0.25, -0.2) is 13.1 Å². The van der Waals surface area contributed by atoms with Crippen LogP contribution in [0, 0.1) is 0 Å². The molecule has 19 heavy (non-hydrogen) atoms. The van der Waals surface area contributed by atoms with Gasteiger partial charge in [-0.2, -0.15) is 0 Å². The molecule has 104 valence electrons. The Morgan fingerprint density at radius 3 is 2.53 bits per heavy atom. The van der Waals surface area contributed by atoms with Crippen molar-refractivity contribution in [1.82, 2.24) is 9.62 Å². The van der Waals surface area contributed by atoms with Crippen molar-refractivity contribution in [3.8, 4) is 0 Å². The molecular formula is C12H16ClN3O2S. The molecule has 0 radical (unpaired) electrons. The minimum absolute atomic E-state index is 0.0667. The normalized spacial score (nSPS) is 16.7. The summed E-state index contributed by atoms with van der Waals surface area (Å²) in [6.07, 6.45) is 2.10. The van der Waals surface area contributed by atoms with Gasteiger partial charge in [-0.3, -0.25) is 4.99 Å². The number of rotatable bonds is 2. The highest BCUT2D eigenvalue weighted by atomic mass is 35.5. The number of sulfonamides is 1. The molecule has 0 atom stereocenters. The summed E-state index contributed by atoms with van der Waals surface area (Å²) in [4.78, 5) is 6.01. The number of aliphatic imine (C=N–C) groups is 1. The fourth-order valence-corrected chi connectivity index (χ4v) is 3.61. The van der Waals surface area contributed by atoms with Gasteiger partial charge in [0.2, 0.25) is 5.96 Å². The van der Waals surface area contributed by atoms with E-state index in [0.717, 1.165) is 25.9 Å². The maximum absolute atomic E-state index is 12.3. The number of nitrogens with one attached hydrogen (secondary N) is 1. The number of benzene rings is 1. The van der Waals surface area contributed by atoms with Gasteiger partial charge in [-0.05, 0) is 25.0 Å². The van der Waals surface area contributed by atoms with E-state index in [0.29, 0.717) is 5.96 Å². The molecule has 7 heteroatoms. The Morgan fingerprint density at radius 2 is 1.95 bits per heavy atom. The molecule has 1 aliphatic rings. The van der Waals surface area contributed by atoms with Crippen LogP contribution in [0.4, 0.5) is 0 Å². The summed E-state index contributed by atoms with van der Waals surface area (Å²) in [7, 11) is -2.12. The molecule has 0 spiro atoms. The molecule has 0 bridgehead atoms. The Kier molecular flexibility index (Phi) is 4.31. The van der Waals surface area contributed by atoms with Crippen LogP contribution in [0.2, 0.25) is 5.02 Å². The van der Waals surface area contributed by atoms with Crippen LogP contribution >= 0.6 is 11.6 Å². The van der Waals surface area contributed by atoms with Gasteiger partial charge in [-0.1, -0.05) is 23.7 Å². The molecule has 5 nitrogen and oxygen atoms in total. The molecular weight excluding hydrogens is 286 g/mol. The van der Waals surface area contributed by atoms with E-state index in [9.17, 15) is 8.42 Å². The van der Waals surface area contributed by atoms with Crippen molar-refractivity contribution < 1.29 is 8.42 Å². The second kappa shape index (κ2) is 5.79. The zero-order valence-electron chi connectivity index (χ0n) is 10.6. The van der Waals surface area contributed by atoms with E-state index in [4.69, 9.17) is 11.6 Å². The molecule has 0 saturated carbocycles. The summed E-state index contributed by atoms with van der Waals surface area (Å²) in [6, 6.07) is 6.35. The van der Waals surface area contributed by atoms with Crippen molar-refractivity contribution in [2.24, 2.45) is 4.99 Å². The number of nitrogens with zero attached hydrogens (tertiary/aromatic N) is 2. The summed E-state index contributed by atoms with van der Waals surface area (Å²) >= 11 is 5.92. The second-order valence-corrected chi connectivity index (χ2v) is 6.34. The van der Waals surface area contributed by atoms with Gasteiger partial charge >= 0.3 is 0 Å². The molecule has 0 aromatic heterocycles. The fourth-order valence-electron chi connectivity index (χ4n) is 2.02. The largest absolute Gasteiger partial charge is 0.342 e. The molecule has 1 aliphatic heterocycles. The minimum Gasteiger partial charge on any atom is -0.342 e. The lowest BCUT2D eigenvalue weighted by atomic mass is 10.4. The summed E-state index contributed by atoms with van der Waals surface area (Å²) in [6.45, 7) is 1.63. The Morgan fingerprint density at radius 1 is 1.32 bits per heavy atom. The Labute approximate surface area is 118 Å². The lowest BCUT2D eigenvalue weighted by molar-refractivity contribution is 0.503. The summed E-state index contributed by atoms with van der Waals surface area (Å²) in [5.41, 5.74) is 0. The van der Waals surface area contributed by atoms with Crippen LogP contribution in [0.1, 0.15) is 12.8 Å². The summed E-state index contributed by atoms with van der Waals surface area (Å²) < 4.78 is 27.1. The van der Waals surface area contributed by atoms with Crippen LogP contribution in [-0.2, 0) is 10.0 Å². The van der Waals surface area contributed by atoms with E-state index in [2.05, 4.69) is 9.71 Å². The third-order valence-electron chi connectivity index (χ3n) is 2.97. The monoisotopic (exact) mass is 301 g/mol. The first-order valence-electron chi connectivity index (χ1n) is 6.03. The highest BCUT2D eigenvalue weighted by molar-refractivity contribution is 7.90. The van der Waals surface area contributed by atoms with Gasteiger partial charge in [0.05, 0.1) is 5.02 Å². The fraction of sp³-hybridized carbons (Fsp3) is 0.417. The highest BCUT2D eigenvalue weighted by Crippen LogP contribution is 2.20. The van der Waals surface area contributed by atoms with Crippen LogP contribution in [-0.4, -0.2) is 39.4 Å². The van der Waals surface area contributed by atoms with Crippen molar-refractivity contribution in [2.45, 2.75) is 17.7 Å². The molecule has 1 N–H and O–H groups in total. The molecule has 1 aromatic rings. The zero-order valence-corrected chi connectivity index (χ0v) is 12.2. The van der Waals surface area contributed by atoms with Crippen molar-refractivity contribution in [2.75, 3.05) is 20.1 Å². The van der Waals surface area contributed by atoms with Gasteiger partial charge in [0.25, 0.3) is 10.0 Å². The van der Waals surface area contributed by atoms with E-state index in [1.165, 1.54) is 6.07 Å². The smallest absolute Gasteiger partial charge is 0.265 e. The van der Waals surface area contributed by atoms with Crippen molar-refractivity contribution in [3.63, 3.8) is 0 Å². The standard InChI is InChI=1S/C12H16ClN3O2S/c1-14-12(16-8-4-5-9-16)15-19(17,18)11-7-3-2-6-10(11)13/h2-3,6-7H,4-5,8-9H2,1H3,(H,14,15). The first-order chi connectivity index (χ1) is 9.04. The van der Waals surface area contributed by atoms with Gasteiger partial charge < -0.3 is 4.90 Å². The van der Waals surface area contributed by atoms with Crippen molar-refractivity contribution in [3.05, 3.63) is 29.3 Å². The summed E-state index contributed by atoms with van der Waals surface area (Å²) in [5, 5.41) is 0.201. The Hall–Kier alpha value is -1.27. The van der Waals surface area contributed by atoms with Gasteiger partial charge in [-0.15, -0.1) is 0 Å². The van der Waals surface area contributed by atoms with Gasteiger partial charge in [0.1, 0.15) is 4.90 Å². The zero-order chi connectivity index (χ0) is 13.9. The van der Waals surface area contributed by atoms with Crippen LogP contribution < -0.4 is 4.72 Å². The van der Waals surface area contributed by atoms with Crippen LogP contribution in [0.15, 0.2) is 34.2 Å². The molecule has 1 aromatic carbocycles. The third-order valence-corrected chi connectivity index (χ3v) is 4.80. The van der Waals surface area contributed by atoms with Gasteiger partial charge in [0, 0.05) is 20.1 Å². The lowest BCUT2D eigenvalue weighted by Crippen LogP contribution is -2.42.